The number of rotatable bonds is 8. The van der Waals surface area contributed by atoms with Crippen molar-refractivity contribution in [3.8, 4) is 5.75 Å². The largest absolute Gasteiger partial charge is 0.491 e. The molecule has 2 aromatic heterocycles. The third-order valence-corrected chi connectivity index (χ3v) is 5.16. The van der Waals surface area contributed by atoms with Gasteiger partial charge < -0.3 is 15.4 Å². The van der Waals surface area contributed by atoms with Crippen molar-refractivity contribution in [2.24, 2.45) is 0 Å². The maximum atomic E-state index is 12.8. The van der Waals surface area contributed by atoms with Crippen LogP contribution in [0.2, 0.25) is 0 Å². The molecule has 0 saturated heterocycles. The number of amides is 2. The lowest BCUT2D eigenvalue weighted by atomic mass is 10.1. The van der Waals surface area contributed by atoms with Crippen molar-refractivity contribution >= 4 is 28.4 Å². The van der Waals surface area contributed by atoms with E-state index < -0.39 is 0 Å². The highest BCUT2D eigenvalue weighted by atomic mass is 16.5. The van der Waals surface area contributed by atoms with Crippen LogP contribution < -0.4 is 15.4 Å². The molecular formula is C26H24N4O3. The highest BCUT2D eigenvalue weighted by Crippen LogP contribution is 2.23. The van der Waals surface area contributed by atoms with Gasteiger partial charge in [0.05, 0.1) is 17.9 Å². The molecule has 166 valence electrons. The molecule has 2 heterocycles. The van der Waals surface area contributed by atoms with E-state index in [0.29, 0.717) is 36.4 Å². The fourth-order valence-electron chi connectivity index (χ4n) is 3.46. The highest BCUT2D eigenvalue weighted by Gasteiger charge is 2.16. The third kappa shape index (κ3) is 5.33. The zero-order valence-electron chi connectivity index (χ0n) is 18.2. The van der Waals surface area contributed by atoms with Gasteiger partial charge in [-0.2, -0.15) is 0 Å². The molecular weight excluding hydrogens is 416 g/mol. The van der Waals surface area contributed by atoms with Gasteiger partial charge in [-0.3, -0.25) is 19.6 Å². The van der Waals surface area contributed by atoms with Crippen LogP contribution in [0.15, 0.2) is 79.3 Å². The zero-order valence-corrected chi connectivity index (χ0v) is 18.2. The molecule has 0 bridgehead atoms. The van der Waals surface area contributed by atoms with Gasteiger partial charge in [-0.05, 0) is 49.2 Å². The summed E-state index contributed by atoms with van der Waals surface area (Å²) in [5, 5.41) is 6.78. The summed E-state index contributed by atoms with van der Waals surface area (Å²) in [6, 6.07) is 18.3. The van der Waals surface area contributed by atoms with Crippen LogP contribution in [0.5, 0.6) is 5.75 Å². The lowest BCUT2D eigenvalue weighted by Gasteiger charge is -2.14. The van der Waals surface area contributed by atoms with Gasteiger partial charge >= 0.3 is 0 Å². The van der Waals surface area contributed by atoms with E-state index in [-0.39, 0.29) is 11.8 Å². The minimum absolute atomic E-state index is 0.254. The predicted octanol–water partition coefficient (Wildman–Crippen LogP) is 4.39. The Kier molecular flexibility index (Phi) is 6.90. The van der Waals surface area contributed by atoms with Crippen molar-refractivity contribution in [2.45, 2.75) is 13.3 Å². The van der Waals surface area contributed by atoms with Crippen molar-refractivity contribution < 1.29 is 14.3 Å². The van der Waals surface area contributed by atoms with Gasteiger partial charge in [-0.15, -0.1) is 0 Å². The number of para-hydroxylation sites is 2. The number of benzene rings is 2. The molecule has 4 aromatic rings. The average Bonchev–Trinajstić information content (AvgIpc) is 2.85. The Balaban J connectivity index is 1.34. The second-order valence-corrected chi connectivity index (χ2v) is 7.48. The van der Waals surface area contributed by atoms with Crippen molar-refractivity contribution in [1.29, 1.82) is 0 Å². The summed E-state index contributed by atoms with van der Waals surface area (Å²) in [6.45, 7) is 2.73. The van der Waals surface area contributed by atoms with E-state index in [1.807, 2.05) is 43.3 Å². The molecule has 2 N–H and O–H groups in total. The quantitative estimate of drug-likeness (QED) is 0.397. The Bertz CT molecular complexity index is 1270. The predicted molar refractivity (Wildman–Crippen MR) is 128 cm³/mol. The first-order chi connectivity index (χ1) is 16.1. The second-order valence-electron chi connectivity index (χ2n) is 7.48. The molecule has 0 saturated carbocycles. The van der Waals surface area contributed by atoms with Gasteiger partial charge in [0.1, 0.15) is 11.3 Å². The Morgan fingerprint density at radius 2 is 1.70 bits per heavy atom. The summed E-state index contributed by atoms with van der Waals surface area (Å²) < 4.78 is 5.88. The lowest BCUT2D eigenvalue weighted by Crippen LogP contribution is -2.27. The third-order valence-electron chi connectivity index (χ3n) is 5.16. The summed E-state index contributed by atoms with van der Waals surface area (Å²) in [5.41, 5.74) is 3.00. The highest BCUT2D eigenvalue weighted by molar-refractivity contribution is 6.09. The number of carbonyl (C=O) groups is 2. The van der Waals surface area contributed by atoms with Gasteiger partial charge in [0.25, 0.3) is 11.8 Å². The van der Waals surface area contributed by atoms with Crippen LogP contribution in [0, 0.1) is 6.92 Å². The van der Waals surface area contributed by atoms with E-state index in [1.165, 1.54) is 0 Å². The van der Waals surface area contributed by atoms with Crippen LogP contribution in [0.3, 0.4) is 0 Å². The first-order valence-electron chi connectivity index (χ1n) is 10.7. The number of aromatic nitrogens is 2. The molecule has 4 rings (SSSR count). The summed E-state index contributed by atoms with van der Waals surface area (Å²) in [4.78, 5) is 33.7. The number of carbonyl (C=O) groups excluding carboxylic acids is 2. The van der Waals surface area contributed by atoms with Crippen LogP contribution in [-0.2, 0) is 0 Å². The van der Waals surface area contributed by atoms with Gasteiger partial charge in [-0.1, -0.05) is 30.3 Å². The van der Waals surface area contributed by atoms with Crippen LogP contribution >= 0.6 is 0 Å². The van der Waals surface area contributed by atoms with Crippen molar-refractivity contribution in [1.82, 2.24) is 15.3 Å². The maximum Gasteiger partial charge on any atom is 0.255 e. The van der Waals surface area contributed by atoms with Gasteiger partial charge in [0, 0.05) is 36.1 Å². The smallest absolute Gasteiger partial charge is 0.255 e. The molecule has 7 nitrogen and oxygen atoms in total. The fraction of sp³-hybridized carbons (Fsp3) is 0.154. The summed E-state index contributed by atoms with van der Waals surface area (Å²) >= 11 is 0. The van der Waals surface area contributed by atoms with E-state index in [1.54, 1.807) is 42.9 Å². The number of hydrogen-bond donors (Lipinski definition) is 2. The molecule has 2 aromatic carbocycles. The Hall–Kier alpha value is -4.26. The Morgan fingerprint density at radius 1 is 0.909 bits per heavy atom. The Morgan fingerprint density at radius 3 is 2.55 bits per heavy atom. The minimum Gasteiger partial charge on any atom is -0.491 e. The molecule has 7 heteroatoms. The van der Waals surface area contributed by atoms with Crippen LogP contribution in [0.1, 0.15) is 32.7 Å². The number of ether oxygens (including phenoxy) is 1. The molecule has 0 aliphatic carbocycles. The standard InChI is InChI=1S/C26H24N4O3/c1-18-6-2-9-21(23(18)30-25(31)20-11-15-27-16-12-20)26(32)29-14-5-17-33-22-10-3-7-19-8-4-13-28-24(19)22/h2-4,6-13,15-16H,5,14,17H2,1H3,(H,29,32)(H,30,31). The molecule has 0 unspecified atom stereocenters. The van der Waals surface area contributed by atoms with Crippen LogP contribution in [0.25, 0.3) is 10.9 Å². The van der Waals surface area contributed by atoms with Gasteiger partial charge in [0.15, 0.2) is 0 Å². The molecule has 0 aliphatic heterocycles. The van der Waals surface area contributed by atoms with Crippen LogP contribution in [0.4, 0.5) is 5.69 Å². The van der Waals surface area contributed by atoms with Gasteiger partial charge in [0.2, 0.25) is 0 Å². The second kappa shape index (κ2) is 10.4. The monoisotopic (exact) mass is 440 g/mol. The minimum atomic E-state index is -0.294. The number of fused-ring (bicyclic) bond motifs is 1. The molecule has 33 heavy (non-hydrogen) atoms. The van der Waals surface area contributed by atoms with E-state index in [0.717, 1.165) is 22.2 Å². The SMILES string of the molecule is Cc1cccc(C(=O)NCCCOc2cccc3cccnc23)c1NC(=O)c1ccncc1. The van der Waals surface area contributed by atoms with Crippen molar-refractivity contribution in [3.05, 3.63) is 95.9 Å². The summed E-state index contributed by atoms with van der Waals surface area (Å²) in [6.07, 6.45) is 5.47. The van der Waals surface area contributed by atoms with E-state index in [2.05, 4.69) is 20.6 Å². The first kappa shape index (κ1) is 22.0. The zero-order chi connectivity index (χ0) is 23.0. The normalized spacial score (nSPS) is 10.6. The fourth-order valence-corrected chi connectivity index (χ4v) is 3.46. The van der Waals surface area contributed by atoms with Crippen LogP contribution in [-0.4, -0.2) is 34.9 Å². The van der Waals surface area contributed by atoms with E-state index in [4.69, 9.17) is 4.74 Å². The lowest BCUT2D eigenvalue weighted by molar-refractivity contribution is 0.0952. The maximum absolute atomic E-state index is 12.8. The van der Waals surface area contributed by atoms with E-state index >= 15 is 0 Å². The molecule has 0 aliphatic rings. The molecule has 0 radical (unpaired) electrons. The van der Waals surface area contributed by atoms with E-state index in [9.17, 15) is 9.59 Å². The Labute approximate surface area is 191 Å². The molecule has 0 spiro atoms. The summed E-state index contributed by atoms with van der Waals surface area (Å²) in [5.74, 6) is 0.174. The average molecular weight is 441 g/mol. The molecule has 0 fully saturated rings. The number of hydrogen-bond acceptors (Lipinski definition) is 5. The van der Waals surface area contributed by atoms with Crippen molar-refractivity contribution in [3.63, 3.8) is 0 Å². The number of anilines is 1. The molecule has 2 amide bonds. The summed E-state index contributed by atoms with van der Waals surface area (Å²) in [7, 11) is 0. The number of aryl methyl sites for hydroxylation is 1. The number of nitrogens with one attached hydrogen (secondary N) is 2. The van der Waals surface area contributed by atoms with Crippen molar-refractivity contribution in [2.75, 3.05) is 18.5 Å². The van der Waals surface area contributed by atoms with Gasteiger partial charge in [-0.25, -0.2) is 0 Å². The number of pyridine rings is 2. The first-order valence-corrected chi connectivity index (χ1v) is 10.7. The molecule has 0 atom stereocenters. The topological polar surface area (TPSA) is 93.2 Å². The number of nitrogens with zero attached hydrogens (tertiary/aromatic N) is 2.